The first kappa shape index (κ1) is 55.7. The van der Waals surface area contributed by atoms with E-state index in [0.717, 1.165) is 64.2 Å². The summed E-state index contributed by atoms with van der Waals surface area (Å²) in [7, 11) is -4.72. The molecule has 0 aromatic heterocycles. The first-order valence-electron chi connectivity index (χ1n) is 23.0. The smallest absolute Gasteiger partial charge is 0.472 e. The number of phosphoric ester groups is 1. The second-order valence-corrected chi connectivity index (χ2v) is 17.0. The molecule has 0 spiro atoms. The second kappa shape index (κ2) is 41.4. The second-order valence-electron chi connectivity index (χ2n) is 15.5. The van der Waals surface area contributed by atoms with E-state index in [-0.39, 0.29) is 19.4 Å². The number of carboxylic acid groups (broad SMARTS) is 1. The molecule has 0 aliphatic heterocycles. The van der Waals surface area contributed by atoms with E-state index in [4.69, 9.17) is 24.8 Å². The van der Waals surface area contributed by atoms with Gasteiger partial charge in [-0.15, -0.1) is 0 Å². The average Bonchev–Trinajstić information content (AvgIpc) is 3.20. The van der Waals surface area contributed by atoms with Crippen LogP contribution in [0.3, 0.4) is 0 Å². The van der Waals surface area contributed by atoms with Gasteiger partial charge in [0, 0.05) is 12.8 Å². The van der Waals surface area contributed by atoms with Crippen molar-refractivity contribution in [2.75, 3.05) is 19.8 Å². The van der Waals surface area contributed by atoms with E-state index < -0.39 is 51.1 Å². The van der Waals surface area contributed by atoms with E-state index in [0.29, 0.717) is 12.8 Å². The predicted molar refractivity (Wildman–Crippen MR) is 235 cm³/mol. The average molecular weight is 842 g/mol. The van der Waals surface area contributed by atoms with Crippen LogP contribution in [0, 0.1) is 0 Å². The molecule has 0 amide bonds. The lowest BCUT2D eigenvalue weighted by Crippen LogP contribution is -2.34. The Hall–Kier alpha value is -2.30. The van der Waals surface area contributed by atoms with Crippen LogP contribution in [0.2, 0.25) is 0 Å². The van der Waals surface area contributed by atoms with Crippen LogP contribution in [0.25, 0.3) is 0 Å². The summed E-state index contributed by atoms with van der Waals surface area (Å²) in [5.41, 5.74) is 5.34. The molecule has 3 atom stereocenters. The van der Waals surface area contributed by atoms with Crippen molar-refractivity contribution < 1.29 is 47.5 Å². The molecule has 0 saturated carbocycles. The number of rotatable bonds is 43. The molecule has 0 aliphatic carbocycles. The Labute approximate surface area is 353 Å². The quantitative estimate of drug-likeness (QED) is 0.0231. The molecule has 0 fully saturated rings. The number of hydrogen-bond donors (Lipinski definition) is 3. The first-order chi connectivity index (χ1) is 28.1. The lowest BCUT2D eigenvalue weighted by molar-refractivity contribution is -0.161. The van der Waals surface area contributed by atoms with Gasteiger partial charge in [-0.2, -0.15) is 0 Å². The molecule has 4 N–H and O–H groups in total. The van der Waals surface area contributed by atoms with E-state index in [2.05, 4.69) is 54.8 Å². The first-order valence-corrected chi connectivity index (χ1v) is 24.5. The third kappa shape index (κ3) is 40.5. The molecular weight excluding hydrogens is 757 g/mol. The van der Waals surface area contributed by atoms with Crippen LogP contribution in [0.5, 0.6) is 0 Å². The fraction of sp³-hybridized carbons (Fsp3) is 0.804. The van der Waals surface area contributed by atoms with Crippen molar-refractivity contribution in [1.29, 1.82) is 0 Å². The van der Waals surface area contributed by atoms with Crippen molar-refractivity contribution >= 4 is 25.7 Å². The van der Waals surface area contributed by atoms with Crippen molar-refractivity contribution in [1.82, 2.24) is 0 Å². The van der Waals surface area contributed by atoms with Crippen molar-refractivity contribution in [2.45, 2.75) is 219 Å². The molecule has 0 saturated heterocycles. The molecule has 11 nitrogen and oxygen atoms in total. The molecule has 0 radical (unpaired) electrons. The highest BCUT2D eigenvalue weighted by Gasteiger charge is 2.28. The van der Waals surface area contributed by atoms with E-state index in [9.17, 15) is 23.8 Å². The standard InChI is InChI=1S/C46H84NO10P/c1-3-5-7-9-11-13-15-17-19-21-23-25-27-29-31-33-35-37-44(48)54-39-42(40-55-58(52,53)56-41-43(47)46(50)51)57-45(49)38-36-34-32-30-28-26-24-22-20-18-16-14-12-10-8-6-4-2/h11,13,17-20,42-43H,3-10,12,14-16,21-41,47H2,1-2H3,(H,50,51)(H,52,53)/b13-11+,19-17+,20-18+/t42-,43+/m1/s1. The Bertz CT molecular complexity index is 1130. The number of carbonyl (C=O) groups excluding carboxylic acids is 2. The maximum Gasteiger partial charge on any atom is 0.472 e. The van der Waals surface area contributed by atoms with Gasteiger partial charge in [-0.3, -0.25) is 23.4 Å². The predicted octanol–water partition coefficient (Wildman–Crippen LogP) is 12.4. The summed E-state index contributed by atoms with van der Waals surface area (Å²) < 4.78 is 32.7. The Morgan fingerprint density at radius 2 is 0.914 bits per heavy atom. The van der Waals surface area contributed by atoms with Gasteiger partial charge in [-0.05, 0) is 70.6 Å². The zero-order chi connectivity index (χ0) is 42.8. The van der Waals surface area contributed by atoms with Crippen molar-refractivity contribution in [2.24, 2.45) is 5.73 Å². The van der Waals surface area contributed by atoms with Gasteiger partial charge in [-0.1, -0.05) is 159 Å². The lowest BCUT2D eigenvalue weighted by Gasteiger charge is -2.20. The van der Waals surface area contributed by atoms with Gasteiger partial charge in [0.1, 0.15) is 12.6 Å². The van der Waals surface area contributed by atoms with Crippen molar-refractivity contribution in [3.8, 4) is 0 Å². The molecule has 1 unspecified atom stereocenters. The molecule has 0 bridgehead atoms. The van der Waals surface area contributed by atoms with Crippen molar-refractivity contribution in [3.05, 3.63) is 36.5 Å². The zero-order valence-corrected chi connectivity index (χ0v) is 37.5. The largest absolute Gasteiger partial charge is 0.480 e. The Balaban J connectivity index is 4.34. The van der Waals surface area contributed by atoms with Crippen LogP contribution in [-0.2, 0) is 37.5 Å². The van der Waals surface area contributed by atoms with Gasteiger partial charge < -0.3 is 25.2 Å². The molecule has 0 aliphatic rings. The van der Waals surface area contributed by atoms with Gasteiger partial charge in [0.2, 0.25) is 0 Å². The number of esters is 2. The highest BCUT2D eigenvalue weighted by atomic mass is 31.2. The Morgan fingerprint density at radius 3 is 1.40 bits per heavy atom. The van der Waals surface area contributed by atoms with Gasteiger partial charge in [0.05, 0.1) is 13.2 Å². The number of allylic oxidation sites excluding steroid dienone is 6. The number of nitrogens with two attached hydrogens (primary N) is 1. The normalized spacial score (nSPS) is 14.0. The third-order valence-corrected chi connectivity index (χ3v) is 10.8. The van der Waals surface area contributed by atoms with Crippen LogP contribution in [0.4, 0.5) is 0 Å². The maximum absolute atomic E-state index is 12.6. The van der Waals surface area contributed by atoms with Crippen molar-refractivity contribution in [3.63, 3.8) is 0 Å². The minimum absolute atomic E-state index is 0.155. The molecular formula is C46H84NO10P. The third-order valence-electron chi connectivity index (χ3n) is 9.86. The van der Waals surface area contributed by atoms with E-state index in [1.165, 1.54) is 103 Å². The molecule has 0 rings (SSSR count). The lowest BCUT2D eigenvalue weighted by atomic mass is 10.1. The summed E-state index contributed by atoms with van der Waals surface area (Å²) in [6.45, 7) is 2.77. The summed E-state index contributed by atoms with van der Waals surface area (Å²) in [4.78, 5) is 46.0. The van der Waals surface area contributed by atoms with E-state index in [1.807, 2.05) is 0 Å². The SMILES string of the molecule is CCCCC/C=C/C/C=C/CCCCCCCCCC(=O)OC[C@H](COP(=O)(O)OC[C@H](N)C(=O)O)OC(=O)CCCCCCCCC/C=C/CCCCCCCC. The minimum atomic E-state index is -4.72. The monoisotopic (exact) mass is 842 g/mol. The maximum atomic E-state index is 12.6. The van der Waals surface area contributed by atoms with Crippen LogP contribution < -0.4 is 5.73 Å². The number of carboxylic acids is 1. The minimum Gasteiger partial charge on any atom is -0.480 e. The fourth-order valence-corrected chi connectivity index (χ4v) is 6.99. The number of ether oxygens (including phenoxy) is 2. The van der Waals surface area contributed by atoms with Crippen LogP contribution in [0.1, 0.15) is 206 Å². The fourth-order valence-electron chi connectivity index (χ4n) is 6.21. The molecule has 0 heterocycles. The van der Waals surface area contributed by atoms with Gasteiger partial charge in [-0.25, -0.2) is 4.57 Å². The highest BCUT2D eigenvalue weighted by Crippen LogP contribution is 2.43. The van der Waals surface area contributed by atoms with Gasteiger partial charge >= 0.3 is 25.7 Å². The topological polar surface area (TPSA) is 172 Å². The molecule has 338 valence electrons. The number of aliphatic carboxylic acids is 1. The molecule has 0 aromatic carbocycles. The van der Waals surface area contributed by atoms with E-state index in [1.54, 1.807) is 0 Å². The number of unbranched alkanes of at least 4 members (excludes halogenated alkanes) is 23. The summed E-state index contributed by atoms with van der Waals surface area (Å²) in [5.74, 6) is -2.39. The Kier molecular flexibility index (Phi) is 39.8. The van der Waals surface area contributed by atoms with E-state index >= 15 is 0 Å². The van der Waals surface area contributed by atoms with Gasteiger partial charge in [0.25, 0.3) is 0 Å². The number of hydrogen-bond acceptors (Lipinski definition) is 9. The Morgan fingerprint density at radius 1 is 0.534 bits per heavy atom. The summed E-state index contributed by atoms with van der Waals surface area (Å²) >= 11 is 0. The molecule has 58 heavy (non-hydrogen) atoms. The highest BCUT2D eigenvalue weighted by molar-refractivity contribution is 7.47. The van der Waals surface area contributed by atoms with Crippen LogP contribution in [0.15, 0.2) is 36.5 Å². The van der Waals surface area contributed by atoms with Gasteiger partial charge in [0.15, 0.2) is 6.10 Å². The molecule has 0 aromatic rings. The number of phosphoric acid groups is 1. The van der Waals surface area contributed by atoms with Crippen LogP contribution >= 0.6 is 7.82 Å². The summed E-state index contributed by atoms with van der Waals surface area (Å²) in [5, 5.41) is 8.90. The number of carbonyl (C=O) groups is 3. The summed E-state index contributed by atoms with van der Waals surface area (Å²) in [6.07, 6.45) is 44.8. The zero-order valence-electron chi connectivity index (χ0n) is 36.6. The van der Waals surface area contributed by atoms with Crippen LogP contribution in [-0.4, -0.2) is 59.9 Å². The molecule has 12 heteroatoms. The summed E-state index contributed by atoms with van der Waals surface area (Å²) in [6, 6.07) is -1.52.